The largest absolute Gasteiger partial charge is 0.370 e. The SMILES string of the molecule is C=C[C@H](CCC(N)=O)NC(=O)CON. The summed E-state index contributed by atoms with van der Waals surface area (Å²) in [6.07, 6.45) is 2.15. The van der Waals surface area contributed by atoms with E-state index in [4.69, 9.17) is 11.6 Å². The van der Waals surface area contributed by atoms with Crippen LogP contribution >= 0.6 is 0 Å². The molecule has 0 spiro atoms. The molecule has 0 rings (SSSR count). The highest BCUT2D eigenvalue weighted by Gasteiger charge is 2.09. The van der Waals surface area contributed by atoms with E-state index in [0.29, 0.717) is 6.42 Å². The zero-order chi connectivity index (χ0) is 11.0. The summed E-state index contributed by atoms with van der Waals surface area (Å²) in [6, 6.07) is -0.287. The summed E-state index contributed by atoms with van der Waals surface area (Å²) < 4.78 is 0. The summed E-state index contributed by atoms with van der Waals surface area (Å²) in [4.78, 5) is 25.6. The van der Waals surface area contributed by atoms with Crippen LogP contribution in [0.4, 0.5) is 0 Å². The number of carbonyl (C=O) groups excluding carboxylic acids is 2. The molecule has 0 saturated heterocycles. The highest BCUT2D eigenvalue weighted by molar-refractivity contribution is 5.78. The first-order chi connectivity index (χ1) is 6.60. The lowest BCUT2D eigenvalue weighted by Crippen LogP contribution is -2.37. The lowest BCUT2D eigenvalue weighted by Gasteiger charge is -2.12. The van der Waals surface area contributed by atoms with E-state index < -0.39 is 5.91 Å². The molecular formula is C8H15N3O3. The molecule has 0 radical (unpaired) electrons. The Morgan fingerprint density at radius 3 is 2.64 bits per heavy atom. The van der Waals surface area contributed by atoms with Gasteiger partial charge in [0.15, 0.2) is 0 Å². The van der Waals surface area contributed by atoms with E-state index in [1.165, 1.54) is 6.08 Å². The van der Waals surface area contributed by atoms with Crippen LogP contribution in [0.15, 0.2) is 12.7 Å². The number of nitrogens with one attached hydrogen (secondary N) is 1. The second-order valence-electron chi connectivity index (χ2n) is 2.73. The number of primary amides is 1. The van der Waals surface area contributed by atoms with Gasteiger partial charge in [0.2, 0.25) is 11.8 Å². The highest BCUT2D eigenvalue weighted by Crippen LogP contribution is 1.97. The quantitative estimate of drug-likeness (QED) is 0.355. The third-order valence-electron chi connectivity index (χ3n) is 1.55. The Kier molecular flexibility index (Phi) is 6.34. The van der Waals surface area contributed by atoms with E-state index in [9.17, 15) is 9.59 Å². The van der Waals surface area contributed by atoms with Gasteiger partial charge in [-0.15, -0.1) is 6.58 Å². The summed E-state index contributed by atoms with van der Waals surface area (Å²) in [5.41, 5.74) is 4.95. The minimum absolute atomic E-state index is 0.195. The Morgan fingerprint density at radius 2 is 2.21 bits per heavy atom. The van der Waals surface area contributed by atoms with Crippen LogP contribution in [0.3, 0.4) is 0 Å². The molecule has 1 atom stereocenters. The molecule has 80 valence electrons. The second-order valence-corrected chi connectivity index (χ2v) is 2.73. The van der Waals surface area contributed by atoms with Gasteiger partial charge in [-0.2, -0.15) is 0 Å². The average molecular weight is 201 g/mol. The molecule has 0 saturated carbocycles. The van der Waals surface area contributed by atoms with Crippen molar-refractivity contribution in [2.45, 2.75) is 18.9 Å². The first-order valence-electron chi connectivity index (χ1n) is 4.12. The zero-order valence-electron chi connectivity index (χ0n) is 7.86. The Morgan fingerprint density at radius 1 is 1.57 bits per heavy atom. The molecular weight excluding hydrogens is 186 g/mol. The minimum atomic E-state index is -0.416. The first-order valence-corrected chi connectivity index (χ1v) is 4.12. The molecule has 0 bridgehead atoms. The van der Waals surface area contributed by atoms with Crippen molar-refractivity contribution in [2.24, 2.45) is 11.6 Å². The van der Waals surface area contributed by atoms with Crippen LogP contribution in [-0.2, 0) is 14.4 Å². The van der Waals surface area contributed by atoms with Crippen molar-refractivity contribution >= 4 is 11.8 Å². The van der Waals surface area contributed by atoms with Gasteiger partial charge in [-0.25, -0.2) is 5.90 Å². The van der Waals surface area contributed by atoms with E-state index in [1.54, 1.807) is 0 Å². The maximum atomic E-state index is 11.0. The molecule has 0 aromatic heterocycles. The zero-order valence-corrected chi connectivity index (χ0v) is 7.86. The van der Waals surface area contributed by atoms with Crippen LogP contribution in [0.2, 0.25) is 0 Å². The summed E-state index contributed by atoms with van der Waals surface area (Å²) in [5.74, 6) is 3.93. The number of amides is 2. The monoisotopic (exact) mass is 201 g/mol. The van der Waals surface area contributed by atoms with Gasteiger partial charge in [0, 0.05) is 12.5 Å². The number of hydrogen-bond acceptors (Lipinski definition) is 4. The predicted molar refractivity (Wildman–Crippen MR) is 50.7 cm³/mol. The van der Waals surface area contributed by atoms with Crippen LogP contribution in [0.5, 0.6) is 0 Å². The van der Waals surface area contributed by atoms with Gasteiger partial charge in [0.25, 0.3) is 0 Å². The van der Waals surface area contributed by atoms with Crippen molar-refractivity contribution in [3.8, 4) is 0 Å². The Hall–Kier alpha value is -1.40. The number of rotatable bonds is 7. The second kappa shape index (κ2) is 7.05. The van der Waals surface area contributed by atoms with Crippen molar-refractivity contribution in [3.63, 3.8) is 0 Å². The topological polar surface area (TPSA) is 107 Å². The Bertz CT molecular complexity index is 218. The van der Waals surface area contributed by atoms with Gasteiger partial charge in [-0.1, -0.05) is 6.08 Å². The van der Waals surface area contributed by atoms with Crippen molar-refractivity contribution in [3.05, 3.63) is 12.7 Å². The van der Waals surface area contributed by atoms with Gasteiger partial charge >= 0.3 is 0 Å². The fraction of sp³-hybridized carbons (Fsp3) is 0.500. The first kappa shape index (κ1) is 12.6. The third kappa shape index (κ3) is 6.15. The maximum Gasteiger partial charge on any atom is 0.248 e. The van der Waals surface area contributed by atoms with E-state index in [-0.39, 0.29) is 25.0 Å². The van der Waals surface area contributed by atoms with Crippen molar-refractivity contribution in [2.75, 3.05) is 6.61 Å². The summed E-state index contributed by atoms with van der Waals surface area (Å²) in [7, 11) is 0. The molecule has 6 heteroatoms. The fourth-order valence-corrected chi connectivity index (χ4v) is 0.871. The molecule has 0 unspecified atom stereocenters. The van der Waals surface area contributed by atoms with Gasteiger partial charge in [-0.05, 0) is 6.42 Å². The van der Waals surface area contributed by atoms with Crippen molar-refractivity contribution in [1.29, 1.82) is 0 Å². The van der Waals surface area contributed by atoms with E-state index in [1.807, 2.05) is 0 Å². The summed E-state index contributed by atoms with van der Waals surface area (Å²) in [6.45, 7) is 3.29. The maximum absolute atomic E-state index is 11.0. The van der Waals surface area contributed by atoms with Crippen LogP contribution in [-0.4, -0.2) is 24.5 Å². The lowest BCUT2D eigenvalue weighted by atomic mass is 10.1. The van der Waals surface area contributed by atoms with E-state index in [0.717, 1.165) is 0 Å². The van der Waals surface area contributed by atoms with E-state index >= 15 is 0 Å². The predicted octanol–water partition coefficient (Wildman–Crippen LogP) is -1.19. The standard InChI is InChI=1S/C8H15N3O3/c1-2-6(3-4-7(9)12)11-8(13)5-14-10/h2,6H,1,3-5,10H2,(H2,9,12)(H,11,13)/t6-/m1/s1. The van der Waals surface area contributed by atoms with Crippen LogP contribution in [0.1, 0.15) is 12.8 Å². The number of nitrogens with two attached hydrogens (primary N) is 2. The minimum Gasteiger partial charge on any atom is -0.370 e. The van der Waals surface area contributed by atoms with Gasteiger partial charge in [-0.3, -0.25) is 14.4 Å². The van der Waals surface area contributed by atoms with Crippen LogP contribution in [0, 0.1) is 0 Å². The molecule has 6 nitrogen and oxygen atoms in total. The summed E-state index contributed by atoms with van der Waals surface area (Å²) >= 11 is 0. The molecule has 0 aromatic carbocycles. The summed E-state index contributed by atoms with van der Waals surface area (Å²) in [5, 5.41) is 2.55. The normalized spacial score (nSPS) is 11.8. The molecule has 5 N–H and O–H groups in total. The molecule has 0 aliphatic heterocycles. The Labute approximate surface area is 82.2 Å². The highest BCUT2D eigenvalue weighted by atomic mass is 16.6. The number of hydrogen-bond donors (Lipinski definition) is 3. The van der Waals surface area contributed by atoms with E-state index in [2.05, 4.69) is 16.7 Å². The fourth-order valence-electron chi connectivity index (χ4n) is 0.871. The molecule has 0 aromatic rings. The average Bonchev–Trinajstić information content (AvgIpc) is 2.12. The smallest absolute Gasteiger partial charge is 0.248 e. The lowest BCUT2D eigenvalue weighted by molar-refractivity contribution is -0.126. The molecule has 0 heterocycles. The van der Waals surface area contributed by atoms with Gasteiger partial charge in [0.05, 0.1) is 0 Å². The van der Waals surface area contributed by atoms with Crippen LogP contribution in [0.25, 0.3) is 0 Å². The molecule has 0 aliphatic rings. The van der Waals surface area contributed by atoms with Crippen molar-refractivity contribution in [1.82, 2.24) is 5.32 Å². The van der Waals surface area contributed by atoms with Crippen LogP contribution < -0.4 is 16.9 Å². The van der Waals surface area contributed by atoms with Gasteiger partial charge in [0.1, 0.15) is 6.61 Å². The van der Waals surface area contributed by atoms with Crippen molar-refractivity contribution < 1.29 is 14.4 Å². The third-order valence-corrected chi connectivity index (χ3v) is 1.55. The van der Waals surface area contributed by atoms with Gasteiger partial charge < -0.3 is 11.1 Å². The molecule has 2 amide bonds. The number of carbonyl (C=O) groups is 2. The molecule has 0 fully saturated rings. The molecule has 14 heavy (non-hydrogen) atoms. The Balaban J connectivity index is 3.84. The molecule has 0 aliphatic carbocycles.